The van der Waals surface area contributed by atoms with Gasteiger partial charge in [-0.3, -0.25) is 9.69 Å². The number of carbonyl (C=O) groups is 1. The van der Waals surface area contributed by atoms with Crippen LogP contribution in [0, 0.1) is 0 Å². The number of hydrogen-bond donors (Lipinski definition) is 1. The average molecular weight is 294 g/mol. The van der Waals surface area contributed by atoms with E-state index in [-0.39, 0.29) is 11.9 Å². The fourth-order valence-corrected chi connectivity index (χ4v) is 2.93. The van der Waals surface area contributed by atoms with Crippen LogP contribution in [0.1, 0.15) is 18.9 Å². The Hall–Kier alpha value is -1.07. The first-order chi connectivity index (χ1) is 9.17. The largest absolute Gasteiger partial charge is 0.350 e. The maximum Gasteiger partial charge on any atom is 0.255 e. The molecular formula is C14H18N2OS2. The third-order valence-corrected chi connectivity index (χ3v) is 4.15. The lowest BCUT2D eigenvalue weighted by atomic mass is 10.1. The number of hydrogen-bond acceptors (Lipinski definition) is 3. The normalized spacial score (nSPS) is 18.8. The van der Waals surface area contributed by atoms with E-state index >= 15 is 0 Å². The van der Waals surface area contributed by atoms with Crippen LogP contribution in [-0.4, -0.2) is 29.1 Å². The van der Waals surface area contributed by atoms with E-state index in [9.17, 15) is 4.79 Å². The van der Waals surface area contributed by atoms with E-state index in [1.807, 2.05) is 24.5 Å². The Balaban J connectivity index is 2.19. The lowest BCUT2D eigenvalue weighted by Gasteiger charge is -2.15. The van der Waals surface area contributed by atoms with Crippen molar-refractivity contribution in [1.29, 1.82) is 0 Å². The zero-order valence-electron chi connectivity index (χ0n) is 11.2. The van der Waals surface area contributed by atoms with Gasteiger partial charge in [-0.05, 0) is 54.8 Å². The van der Waals surface area contributed by atoms with Gasteiger partial charge in [0.2, 0.25) is 0 Å². The fraction of sp³-hybridized carbons (Fsp3) is 0.429. The van der Waals surface area contributed by atoms with E-state index in [1.54, 1.807) is 16.7 Å². The minimum absolute atomic E-state index is 0.0623. The van der Waals surface area contributed by atoms with Crippen molar-refractivity contribution < 1.29 is 4.79 Å². The number of nitrogens with zero attached hydrogens (tertiary/aromatic N) is 1. The smallest absolute Gasteiger partial charge is 0.255 e. The second-order valence-corrected chi connectivity index (χ2v) is 5.85. The van der Waals surface area contributed by atoms with Crippen molar-refractivity contribution in [3.8, 4) is 0 Å². The number of benzene rings is 1. The molecule has 0 spiro atoms. The average Bonchev–Trinajstić information content (AvgIpc) is 2.71. The molecule has 0 saturated carbocycles. The molecule has 0 aliphatic carbocycles. The lowest BCUT2D eigenvalue weighted by Crippen LogP contribution is -2.31. The van der Waals surface area contributed by atoms with E-state index in [4.69, 9.17) is 12.2 Å². The maximum atomic E-state index is 12.4. The molecule has 0 radical (unpaired) electrons. The molecule has 1 aromatic rings. The molecule has 19 heavy (non-hydrogen) atoms. The van der Waals surface area contributed by atoms with Gasteiger partial charge in [-0.15, -0.1) is 0 Å². The Morgan fingerprint density at radius 1 is 1.47 bits per heavy atom. The molecule has 1 saturated heterocycles. The molecule has 1 aromatic carbocycles. The van der Waals surface area contributed by atoms with Crippen molar-refractivity contribution in [3.63, 3.8) is 0 Å². The second kappa shape index (κ2) is 6.39. The SMILES string of the molecule is CCc1cccc(N2C(=O)C(CCSC)NC2=S)c1. The summed E-state index contributed by atoms with van der Waals surface area (Å²) in [7, 11) is 0. The van der Waals surface area contributed by atoms with Crippen LogP contribution >= 0.6 is 24.0 Å². The number of anilines is 1. The highest BCUT2D eigenvalue weighted by Gasteiger charge is 2.35. The van der Waals surface area contributed by atoms with E-state index < -0.39 is 0 Å². The molecule has 1 heterocycles. The van der Waals surface area contributed by atoms with Crippen LogP contribution in [0.4, 0.5) is 5.69 Å². The quantitative estimate of drug-likeness (QED) is 0.846. The predicted octanol–water partition coefficient (Wildman–Crippen LogP) is 2.59. The van der Waals surface area contributed by atoms with Crippen LogP contribution in [0.5, 0.6) is 0 Å². The summed E-state index contributed by atoms with van der Waals surface area (Å²) in [6.45, 7) is 2.10. The minimum Gasteiger partial charge on any atom is -0.350 e. The number of carbonyl (C=O) groups excluding carboxylic acids is 1. The predicted molar refractivity (Wildman–Crippen MR) is 85.8 cm³/mol. The summed E-state index contributed by atoms with van der Waals surface area (Å²) in [4.78, 5) is 14.0. The summed E-state index contributed by atoms with van der Waals surface area (Å²) in [6, 6.07) is 7.82. The fourth-order valence-electron chi connectivity index (χ4n) is 2.12. The van der Waals surface area contributed by atoms with Gasteiger partial charge in [-0.1, -0.05) is 19.1 Å². The van der Waals surface area contributed by atoms with Gasteiger partial charge >= 0.3 is 0 Å². The van der Waals surface area contributed by atoms with E-state index in [0.717, 1.165) is 24.3 Å². The zero-order valence-corrected chi connectivity index (χ0v) is 12.8. The highest BCUT2D eigenvalue weighted by molar-refractivity contribution is 7.98. The summed E-state index contributed by atoms with van der Waals surface area (Å²) in [5, 5.41) is 3.64. The first-order valence-electron chi connectivity index (χ1n) is 6.39. The number of thiocarbonyl (C=S) groups is 1. The molecule has 1 atom stereocenters. The Morgan fingerprint density at radius 3 is 2.95 bits per heavy atom. The van der Waals surface area contributed by atoms with E-state index in [2.05, 4.69) is 18.3 Å². The van der Waals surface area contributed by atoms with Crippen LogP contribution in [0.3, 0.4) is 0 Å². The molecule has 1 unspecified atom stereocenters. The first-order valence-corrected chi connectivity index (χ1v) is 8.20. The third-order valence-electron chi connectivity index (χ3n) is 3.21. The number of aryl methyl sites for hydroxylation is 1. The molecule has 1 N–H and O–H groups in total. The van der Waals surface area contributed by atoms with Crippen molar-refractivity contribution in [2.24, 2.45) is 0 Å². The van der Waals surface area contributed by atoms with Gasteiger partial charge in [-0.25, -0.2) is 0 Å². The summed E-state index contributed by atoms with van der Waals surface area (Å²) in [6.07, 6.45) is 3.80. The van der Waals surface area contributed by atoms with Crippen molar-refractivity contribution in [2.45, 2.75) is 25.8 Å². The van der Waals surface area contributed by atoms with Gasteiger partial charge < -0.3 is 5.32 Å². The molecule has 5 heteroatoms. The van der Waals surface area contributed by atoms with Gasteiger partial charge in [0, 0.05) is 0 Å². The van der Waals surface area contributed by atoms with Gasteiger partial charge in [0.25, 0.3) is 5.91 Å². The molecule has 102 valence electrons. The molecular weight excluding hydrogens is 276 g/mol. The van der Waals surface area contributed by atoms with Gasteiger partial charge in [0.1, 0.15) is 6.04 Å². The van der Waals surface area contributed by atoms with Crippen molar-refractivity contribution >= 4 is 40.7 Å². The molecule has 3 nitrogen and oxygen atoms in total. The molecule has 1 aliphatic rings. The Bertz CT molecular complexity index is 490. The van der Waals surface area contributed by atoms with Crippen LogP contribution in [0.25, 0.3) is 0 Å². The molecule has 0 bridgehead atoms. The van der Waals surface area contributed by atoms with Gasteiger partial charge in [0.05, 0.1) is 5.69 Å². The Morgan fingerprint density at radius 2 is 2.26 bits per heavy atom. The van der Waals surface area contributed by atoms with Crippen LogP contribution in [0.15, 0.2) is 24.3 Å². The van der Waals surface area contributed by atoms with Crippen molar-refractivity contribution in [2.75, 3.05) is 16.9 Å². The highest BCUT2D eigenvalue weighted by Crippen LogP contribution is 2.22. The van der Waals surface area contributed by atoms with Gasteiger partial charge in [0.15, 0.2) is 5.11 Å². The Labute approximate surface area is 123 Å². The molecule has 1 aliphatic heterocycles. The minimum atomic E-state index is -0.176. The monoisotopic (exact) mass is 294 g/mol. The first kappa shape index (κ1) is 14.3. The molecule has 0 aromatic heterocycles. The molecule has 1 fully saturated rings. The summed E-state index contributed by atoms with van der Waals surface area (Å²) in [5.74, 6) is 1.02. The molecule has 2 rings (SSSR count). The van der Waals surface area contributed by atoms with Crippen LogP contribution in [-0.2, 0) is 11.2 Å². The standard InChI is InChI=1S/C14H18N2OS2/c1-3-10-5-4-6-11(9-10)16-13(17)12(7-8-19-2)15-14(16)18/h4-6,9,12H,3,7-8H2,1-2H3,(H,15,18). The number of amides is 1. The summed E-state index contributed by atoms with van der Waals surface area (Å²) >= 11 is 7.03. The zero-order chi connectivity index (χ0) is 13.8. The highest BCUT2D eigenvalue weighted by atomic mass is 32.2. The second-order valence-electron chi connectivity index (χ2n) is 4.48. The van der Waals surface area contributed by atoms with Gasteiger partial charge in [-0.2, -0.15) is 11.8 Å². The summed E-state index contributed by atoms with van der Waals surface area (Å²) in [5.41, 5.74) is 2.08. The maximum absolute atomic E-state index is 12.4. The summed E-state index contributed by atoms with van der Waals surface area (Å²) < 4.78 is 0. The number of nitrogens with one attached hydrogen (secondary N) is 1. The lowest BCUT2D eigenvalue weighted by molar-refractivity contribution is -0.118. The third kappa shape index (κ3) is 3.09. The Kier molecular flexibility index (Phi) is 4.82. The topological polar surface area (TPSA) is 32.3 Å². The number of thioether (sulfide) groups is 1. The number of rotatable bonds is 5. The van der Waals surface area contributed by atoms with Crippen LogP contribution < -0.4 is 10.2 Å². The van der Waals surface area contributed by atoms with Crippen LogP contribution in [0.2, 0.25) is 0 Å². The van der Waals surface area contributed by atoms with E-state index in [1.165, 1.54) is 5.56 Å². The van der Waals surface area contributed by atoms with Crippen molar-refractivity contribution in [1.82, 2.24) is 5.32 Å². The van der Waals surface area contributed by atoms with E-state index in [0.29, 0.717) is 5.11 Å². The van der Waals surface area contributed by atoms with Crippen molar-refractivity contribution in [3.05, 3.63) is 29.8 Å². The molecule has 1 amide bonds.